The second-order valence-electron chi connectivity index (χ2n) is 12.8. The molecule has 3 aromatic heterocycles. The summed E-state index contributed by atoms with van der Waals surface area (Å²) in [5.74, 6) is 0. The Balaban J connectivity index is 0.00000171. The van der Waals surface area contributed by atoms with Gasteiger partial charge in [-0.25, -0.2) is 43.6 Å². The first kappa shape index (κ1) is 49.2. The molecule has 0 amide bonds. The van der Waals surface area contributed by atoms with Crippen LogP contribution in [0.2, 0.25) is 0 Å². The topological polar surface area (TPSA) is 286 Å². The maximum absolute atomic E-state index is 12.6. The normalized spacial score (nSPS) is 12.3. The van der Waals surface area contributed by atoms with E-state index < -0.39 is 60.1 Å². The van der Waals surface area contributed by atoms with Crippen LogP contribution in [0.25, 0.3) is 88.6 Å². The first-order valence-electron chi connectivity index (χ1n) is 16.0. The zero-order valence-corrected chi connectivity index (χ0v) is 42.9. The molecule has 0 atom stereocenters. The van der Waals surface area contributed by atoms with E-state index in [4.69, 9.17) is 0 Å². The molecule has 282 valence electrons. The van der Waals surface area contributed by atoms with Gasteiger partial charge in [-0.05, 0) is 48.5 Å². The number of hydrogen-bond donors (Lipinski definition) is 2. The van der Waals surface area contributed by atoms with Crippen molar-refractivity contribution in [1.82, 2.24) is 19.9 Å². The third kappa shape index (κ3) is 8.46. The first-order chi connectivity index (χ1) is 26.3. The number of aromatic amines is 2. The summed E-state index contributed by atoms with van der Waals surface area (Å²) in [6.07, 6.45) is 0. The largest absolute Gasteiger partial charge is 1.00 e. The van der Waals surface area contributed by atoms with Crippen molar-refractivity contribution in [3.05, 3.63) is 97.1 Å². The fraction of sp³-hybridized carbons (Fsp3) is 0. The van der Waals surface area contributed by atoms with Gasteiger partial charge in [0.1, 0.15) is 40.5 Å². The van der Waals surface area contributed by atoms with Gasteiger partial charge in [-0.15, -0.1) is 0 Å². The van der Waals surface area contributed by atoms with Gasteiger partial charge < -0.3 is 28.2 Å². The zero-order valence-electron chi connectivity index (χ0n) is 31.7. The van der Waals surface area contributed by atoms with Gasteiger partial charge >= 0.3 is 118 Å². The summed E-state index contributed by atoms with van der Waals surface area (Å²) in [7, 11) is -20.6. The van der Waals surface area contributed by atoms with Crippen molar-refractivity contribution >= 4 is 84.1 Å². The molecule has 0 unspecified atom stereocenters. The molecule has 0 saturated heterocycles. The minimum Gasteiger partial charge on any atom is -0.744 e. The van der Waals surface area contributed by atoms with Crippen LogP contribution >= 0.6 is 0 Å². The molecule has 2 N–H and O–H groups in total. The maximum Gasteiger partial charge on any atom is 1.00 e. The van der Waals surface area contributed by atoms with Crippen LogP contribution in [0.4, 0.5) is 0 Å². The number of fused-ring (bicyclic) bond motifs is 20. The second kappa shape index (κ2) is 17.3. The molecule has 4 aromatic carbocycles. The SMILES string of the molecule is O=S(=O)([O-])c1cccc2c1-c1cc3[nH]c(cc4nc(cc5[nH]c(cc-2n1)c1c(S(=O)(=O)[O-])cccc51)-c1c-4cccc1S(=O)(=O)[O-])c1c(S(=O)(=O)[O-])cccc31.[Na+].[Na+].[Na+].[Na+]. The molecule has 0 saturated carbocycles. The van der Waals surface area contributed by atoms with E-state index in [2.05, 4.69) is 19.9 Å². The zero-order chi connectivity index (χ0) is 39.7. The van der Waals surface area contributed by atoms with Crippen LogP contribution in [-0.2, 0) is 40.5 Å². The van der Waals surface area contributed by atoms with Crippen molar-refractivity contribution in [1.29, 1.82) is 0 Å². The van der Waals surface area contributed by atoms with Crippen LogP contribution in [0.15, 0.2) is 117 Å². The Morgan fingerprint density at radius 3 is 1.02 bits per heavy atom. The van der Waals surface area contributed by atoms with E-state index in [1.54, 1.807) is 0 Å². The smallest absolute Gasteiger partial charge is 0.744 e. The van der Waals surface area contributed by atoms with Gasteiger partial charge in [-0.3, -0.25) is 0 Å². The van der Waals surface area contributed by atoms with E-state index in [0.717, 1.165) is 24.3 Å². The van der Waals surface area contributed by atoms with Crippen molar-refractivity contribution in [2.45, 2.75) is 19.6 Å². The maximum atomic E-state index is 12.6. The van der Waals surface area contributed by atoms with Crippen molar-refractivity contribution in [3.63, 3.8) is 0 Å². The standard InChI is InChI=1S/C36H22N4O12S4.4Na/c41-53(42,43)29-9-1-5-17-21-13-26-34-19(7-3-10-30(34)54(44,45)46)23(38-26)15-28-36-20(8-4-12-32(36)56(50,51)52)24(40-28)16-27-35-18(6-2-11-31(35)55(47,48)49)22(39-27)14-25(37-21)33(17)29;;;;/h1-16,37,40H,(H,41,42,43)(H,44,45,46)(H,47,48,49)(H,50,51,52);;;;/q;4*+1/p-4. The van der Waals surface area contributed by atoms with E-state index in [0.29, 0.717) is 0 Å². The molecule has 60 heavy (non-hydrogen) atoms. The molecule has 9 rings (SSSR count). The summed E-state index contributed by atoms with van der Waals surface area (Å²) in [5, 5.41) is 0.0455. The molecule has 16 nitrogen and oxygen atoms in total. The average molecular weight is 919 g/mol. The molecule has 5 heterocycles. The quantitative estimate of drug-likeness (QED) is 0.123. The van der Waals surface area contributed by atoms with Gasteiger partial charge in [-0.1, -0.05) is 48.5 Å². The third-order valence-corrected chi connectivity index (χ3v) is 13.0. The number of H-pyrrole nitrogens is 2. The third-order valence-electron chi connectivity index (χ3n) is 9.51. The van der Waals surface area contributed by atoms with Gasteiger partial charge in [-0.2, -0.15) is 0 Å². The Labute approximate surface area is 429 Å². The number of hydrogen-bond acceptors (Lipinski definition) is 14. The Kier molecular flexibility index (Phi) is 14.2. The molecule has 0 aliphatic carbocycles. The predicted molar refractivity (Wildman–Crippen MR) is 197 cm³/mol. The summed E-state index contributed by atoms with van der Waals surface area (Å²) in [4.78, 5) is 12.7. The first-order valence-corrected chi connectivity index (χ1v) is 21.6. The van der Waals surface area contributed by atoms with E-state index in [1.165, 1.54) is 72.8 Å². The Morgan fingerprint density at radius 2 is 0.683 bits per heavy atom. The summed E-state index contributed by atoms with van der Waals surface area (Å²) in [6, 6.07) is 20.7. The molecular weight excluding hydrogens is 901 g/mol. The van der Waals surface area contributed by atoms with Crippen LogP contribution in [0.3, 0.4) is 0 Å². The summed E-state index contributed by atoms with van der Waals surface area (Å²) in [6.45, 7) is 0. The minimum absolute atomic E-state index is 0. The molecule has 0 radical (unpaired) electrons. The summed E-state index contributed by atoms with van der Waals surface area (Å²) in [5.41, 5.74) is -0.148. The Hall–Kier alpha value is -1.84. The number of nitrogens with one attached hydrogen (secondary N) is 2. The monoisotopic (exact) mass is 918 g/mol. The van der Waals surface area contributed by atoms with Crippen LogP contribution in [0.1, 0.15) is 0 Å². The number of aromatic nitrogens is 4. The van der Waals surface area contributed by atoms with Crippen molar-refractivity contribution < 1.29 is 170 Å². The molecule has 0 spiro atoms. The molecule has 7 aromatic rings. The van der Waals surface area contributed by atoms with Crippen LogP contribution in [-0.4, -0.2) is 71.8 Å². The van der Waals surface area contributed by atoms with Gasteiger partial charge in [0.15, 0.2) is 0 Å². The Bertz CT molecular complexity index is 3380. The van der Waals surface area contributed by atoms with E-state index in [9.17, 15) is 51.9 Å². The fourth-order valence-corrected chi connectivity index (χ4v) is 10.2. The van der Waals surface area contributed by atoms with Gasteiger partial charge in [0.05, 0.1) is 42.4 Å². The number of rotatable bonds is 4. The molecule has 8 bridgehead atoms. The van der Waals surface area contributed by atoms with Crippen LogP contribution in [0, 0.1) is 0 Å². The van der Waals surface area contributed by atoms with E-state index >= 15 is 0 Å². The summed E-state index contributed by atoms with van der Waals surface area (Å²) >= 11 is 0. The number of nitrogens with zero attached hydrogens (tertiary/aromatic N) is 2. The van der Waals surface area contributed by atoms with E-state index in [-0.39, 0.29) is 207 Å². The van der Waals surface area contributed by atoms with Gasteiger partial charge in [0.2, 0.25) is 0 Å². The van der Waals surface area contributed by atoms with Crippen molar-refractivity contribution in [3.8, 4) is 45.0 Å². The molecule has 0 fully saturated rings. The van der Waals surface area contributed by atoms with E-state index in [1.807, 2.05) is 0 Å². The summed E-state index contributed by atoms with van der Waals surface area (Å²) < 4.78 is 151. The number of benzene rings is 4. The van der Waals surface area contributed by atoms with Crippen LogP contribution in [0.5, 0.6) is 0 Å². The van der Waals surface area contributed by atoms with Crippen molar-refractivity contribution in [2.24, 2.45) is 0 Å². The van der Waals surface area contributed by atoms with Crippen LogP contribution < -0.4 is 118 Å². The predicted octanol–water partition coefficient (Wildman–Crippen LogP) is -7.08. The fourth-order valence-electron chi connectivity index (χ4n) is 7.38. The minimum atomic E-state index is -5.15. The molecular formula is C36H18N4Na4O12S4. The van der Waals surface area contributed by atoms with Gasteiger partial charge in [0, 0.05) is 65.9 Å². The second-order valence-corrected chi connectivity index (χ2v) is 18.2. The molecule has 24 heteroatoms. The molecule has 2 aliphatic rings. The molecule has 2 aliphatic heterocycles. The van der Waals surface area contributed by atoms with Gasteiger partial charge in [0.25, 0.3) is 0 Å². The Morgan fingerprint density at radius 1 is 0.383 bits per heavy atom. The van der Waals surface area contributed by atoms with Crippen molar-refractivity contribution in [2.75, 3.05) is 0 Å². The average Bonchev–Trinajstić information content (AvgIpc) is 3.85.